The van der Waals surface area contributed by atoms with E-state index in [2.05, 4.69) is 159 Å². The molecule has 0 amide bonds. The summed E-state index contributed by atoms with van der Waals surface area (Å²) >= 11 is 0. The molecule has 334 valence electrons. The van der Waals surface area contributed by atoms with E-state index in [1.165, 1.54) is 10.8 Å². The lowest BCUT2D eigenvalue weighted by Crippen LogP contribution is -2.03. The molecule has 5 aromatic heterocycles. The van der Waals surface area contributed by atoms with Gasteiger partial charge in [-0.15, -0.1) is 0 Å². The van der Waals surface area contributed by atoms with Crippen molar-refractivity contribution in [1.29, 1.82) is 5.26 Å². The van der Waals surface area contributed by atoms with Gasteiger partial charge in [0.05, 0.1) is 55.3 Å². The number of para-hydroxylation sites is 5. The second kappa shape index (κ2) is 15.5. The quantitative estimate of drug-likeness (QED) is 0.166. The smallest absolute Gasteiger partial charge is 0.167 e. The SMILES string of the molecule is N#Cc1cc(-c2nc(-c3ccccc3)nc(-c3ccccc3)n2)c2oc3ccccc3c2c1-n1c2ccc(-n3c4ccccc4c4ccccc43)cc2c2c3c4ccccc4n(-c4ccccc4)c3ccc21. The molecule has 0 bridgehead atoms. The van der Waals surface area contributed by atoms with Crippen molar-refractivity contribution in [2.75, 3.05) is 0 Å². The first kappa shape index (κ1) is 39.9. The van der Waals surface area contributed by atoms with Crippen LogP contribution in [0.2, 0.25) is 0 Å². The number of hydrogen-bond acceptors (Lipinski definition) is 5. The molecule has 0 fully saturated rings. The molecule has 0 spiro atoms. The van der Waals surface area contributed by atoms with Gasteiger partial charge in [-0.05, 0) is 72.8 Å². The Morgan fingerprint density at radius 3 is 1.47 bits per heavy atom. The molecular weight excluding hydrogens is 883 g/mol. The number of furan rings is 1. The summed E-state index contributed by atoms with van der Waals surface area (Å²) in [7, 11) is 0. The Kier molecular flexibility index (Phi) is 8.55. The molecule has 8 nitrogen and oxygen atoms in total. The van der Waals surface area contributed by atoms with Crippen LogP contribution >= 0.6 is 0 Å². The molecule has 5 heterocycles. The fraction of sp³-hybridized carbons (Fsp3) is 0. The van der Waals surface area contributed by atoms with Gasteiger partial charge in [0, 0.05) is 60.2 Å². The first-order valence-corrected chi connectivity index (χ1v) is 24.0. The first-order chi connectivity index (χ1) is 35.7. The summed E-state index contributed by atoms with van der Waals surface area (Å²) in [5.41, 5.74) is 13.2. The van der Waals surface area contributed by atoms with Crippen molar-refractivity contribution in [2.24, 2.45) is 0 Å². The highest BCUT2D eigenvalue weighted by molar-refractivity contribution is 6.30. The summed E-state index contributed by atoms with van der Waals surface area (Å²) in [5, 5.41) is 20.1. The van der Waals surface area contributed by atoms with Gasteiger partial charge in [0.1, 0.15) is 17.2 Å². The predicted octanol–water partition coefficient (Wildman–Crippen LogP) is 15.9. The molecule has 8 heteroatoms. The summed E-state index contributed by atoms with van der Waals surface area (Å²) in [4.78, 5) is 15.3. The van der Waals surface area contributed by atoms with Gasteiger partial charge in [0.25, 0.3) is 0 Å². The van der Waals surface area contributed by atoms with Gasteiger partial charge < -0.3 is 18.1 Å². The van der Waals surface area contributed by atoms with Gasteiger partial charge in [0.15, 0.2) is 17.5 Å². The van der Waals surface area contributed by atoms with E-state index in [1.807, 2.05) is 84.9 Å². The normalized spacial score (nSPS) is 11.9. The zero-order valence-corrected chi connectivity index (χ0v) is 38.4. The van der Waals surface area contributed by atoms with Crippen LogP contribution in [0.3, 0.4) is 0 Å². The van der Waals surface area contributed by atoms with E-state index in [-0.39, 0.29) is 0 Å². The van der Waals surface area contributed by atoms with Crippen molar-refractivity contribution in [3.8, 4) is 57.3 Å². The van der Waals surface area contributed by atoms with Crippen LogP contribution in [0.4, 0.5) is 0 Å². The summed E-state index contributed by atoms with van der Waals surface area (Å²) in [6.07, 6.45) is 0. The number of nitrogens with zero attached hydrogens (tertiary/aromatic N) is 7. The van der Waals surface area contributed by atoms with Crippen molar-refractivity contribution >= 4 is 87.4 Å². The minimum Gasteiger partial charge on any atom is -0.455 e. The molecule has 0 atom stereocenters. The van der Waals surface area contributed by atoms with Crippen molar-refractivity contribution in [1.82, 2.24) is 28.7 Å². The molecule has 0 saturated carbocycles. The summed E-state index contributed by atoms with van der Waals surface area (Å²) in [6, 6.07) is 80.3. The van der Waals surface area contributed by atoms with E-state index >= 15 is 0 Å². The van der Waals surface area contributed by atoms with E-state index in [0.717, 1.165) is 93.6 Å². The van der Waals surface area contributed by atoms with Gasteiger partial charge in [-0.1, -0.05) is 152 Å². The Labute approximate surface area is 411 Å². The van der Waals surface area contributed by atoms with Crippen molar-refractivity contribution < 1.29 is 4.42 Å². The van der Waals surface area contributed by atoms with Gasteiger partial charge in [-0.3, -0.25) is 0 Å². The molecule has 15 aromatic rings. The van der Waals surface area contributed by atoms with Crippen LogP contribution in [0.1, 0.15) is 5.56 Å². The van der Waals surface area contributed by atoms with Crippen LogP contribution in [-0.2, 0) is 0 Å². The minimum atomic E-state index is 0.406. The van der Waals surface area contributed by atoms with E-state index in [4.69, 9.17) is 19.4 Å². The maximum atomic E-state index is 11.6. The van der Waals surface area contributed by atoms with Gasteiger partial charge >= 0.3 is 0 Å². The monoisotopic (exact) mass is 919 g/mol. The third kappa shape index (κ3) is 5.76. The van der Waals surface area contributed by atoms with E-state index < -0.39 is 0 Å². The lowest BCUT2D eigenvalue weighted by Gasteiger charge is -2.15. The van der Waals surface area contributed by atoms with Crippen LogP contribution in [0.25, 0.3) is 139 Å². The summed E-state index contributed by atoms with van der Waals surface area (Å²) in [6.45, 7) is 0. The summed E-state index contributed by atoms with van der Waals surface area (Å²) in [5.74, 6) is 1.45. The number of fused-ring (bicyclic) bond motifs is 13. The fourth-order valence-corrected chi connectivity index (χ4v) is 11.3. The predicted molar refractivity (Wildman–Crippen MR) is 291 cm³/mol. The van der Waals surface area contributed by atoms with E-state index in [9.17, 15) is 5.26 Å². The molecule has 0 saturated heterocycles. The fourth-order valence-electron chi connectivity index (χ4n) is 11.3. The second-order valence-electron chi connectivity index (χ2n) is 18.2. The Bertz CT molecular complexity index is 4640. The number of rotatable bonds is 6. The molecule has 0 N–H and O–H groups in total. The van der Waals surface area contributed by atoms with Crippen LogP contribution in [0.15, 0.2) is 229 Å². The Morgan fingerprint density at radius 2 is 0.833 bits per heavy atom. The van der Waals surface area contributed by atoms with Gasteiger partial charge in [-0.2, -0.15) is 5.26 Å². The van der Waals surface area contributed by atoms with E-state index in [0.29, 0.717) is 39.8 Å². The van der Waals surface area contributed by atoms with Crippen LogP contribution in [0.5, 0.6) is 0 Å². The minimum absolute atomic E-state index is 0.406. The third-order valence-electron chi connectivity index (χ3n) is 14.3. The number of aromatic nitrogens is 6. The zero-order valence-electron chi connectivity index (χ0n) is 38.4. The highest BCUT2D eigenvalue weighted by Gasteiger charge is 2.28. The zero-order chi connectivity index (χ0) is 47.4. The Balaban J connectivity index is 1.09. The highest BCUT2D eigenvalue weighted by atomic mass is 16.3. The van der Waals surface area contributed by atoms with Crippen molar-refractivity contribution in [3.63, 3.8) is 0 Å². The van der Waals surface area contributed by atoms with Crippen LogP contribution < -0.4 is 0 Å². The lowest BCUT2D eigenvalue weighted by atomic mass is 10.0. The first-order valence-electron chi connectivity index (χ1n) is 24.0. The van der Waals surface area contributed by atoms with Gasteiger partial charge in [-0.25, -0.2) is 15.0 Å². The molecule has 0 unspecified atom stereocenters. The Morgan fingerprint density at radius 1 is 0.361 bits per heavy atom. The molecular formula is C64H37N7O. The molecule has 72 heavy (non-hydrogen) atoms. The number of hydrogen-bond donors (Lipinski definition) is 0. The maximum absolute atomic E-state index is 11.6. The standard InChI is InChI=1S/C64H37N7O/c65-38-41-36-49(64-67-62(39-18-4-1-5-19-39)66-63(68-64)40-20-6-2-7-21-40)61-59(47-27-13-17-31-56(47)72-61)60(41)71-53-33-32-43(70-50-28-14-10-24-44(50)45-25-11-15-29-51(45)70)37-48(53)58-55(71)35-34-54-57(58)46-26-12-16-30-52(46)69(54)42-22-8-3-9-23-42/h1-37H. The average Bonchev–Trinajstić information content (AvgIpc) is 4.20. The highest BCUT2D eigenvalue weighted by Crippen LogP contribution is 2.48. The average molecular weight is 920 g/mol. The lowest BCUT2D eigenvalue weighted by molar-refractivity contribution is 0.669. The van der Waals surface area contributed by atoms with Gasteiger partial charge in [0.2, 0.25) is 0 Å². The molecule has 15 rings (SSSR count). The van der Waals surface area contributed by atoms with Crippen molar-refractivity contribution in [2.45, 2.75) is 0 Å². The van der Waals surface area contributed by atoms with Crippen molar-refractivity contribution in [3.05, 3.63) is 230 Å². The summed E-state index contributed by atoms with van der Waals surface area (Å²) < 4.78 is 14.0. The van der Waals surface area contributed by atoms with E-state index in [1.54, 1.807) is 0 Å². The number of benzene rings is 10. The molecule has 0 radical (unpaired) electrons. The molecule has 0 aliphatic carbocycles. The molecule has 0 aliphatic heterocycles. The maximum Gasteiger partial charge on any atom is 0.167 e. The Hall–Kier alpha value is -10.1. The topological polar surface area (TPSA) is 90.4 Å². The largest absolute Gasteiger partial charge is 0.455 e. The third-order valence-corrected chi connectivity index (χ3v) is 14.3. The molecule has 10 aromatic carbocycles. The van der Waals surface area contributed by atoms with Crippen LogP contribution in [-0.4, -0.2) is 28.7 Å². The second-order valence-corrected chi connectivity index (χ2v) is 18.2. The van der Waals surface area contributed by atoms with Crippen LogP contribution in [0, 0.1) is 11.3 Å². The molecule has 0 aliphatic rings. The number of nitriles is 1.